The molecule has 6 heteroatoms. The minimum Gasteiger partial charge on any atom is -0.394 e. The van der Waals surface area contributed by atoms with Crippen LogP contribution in [0.4, 0.5) is 4.79 Å². The zero-order valence-corrected chi connectivity index (χ0v) is 12.7. The predicted octanol–water partition coefficient (Wildman–Crippen LogP) is 2.33. The highest BCUT2D eigenvalue weighted by Gasteiger charge is 2.14. The Morgan fingerprint density at radius 3 is 2.64 bits per heavy atom. The molecule has 0 aliphatic rings. The van der Waals surface area contributed by atoms with E-state index in [-0.39, 0.29) is 25.1 Å². The van der Waals surface area contributed by atoms with Crippen molar-refractivity contribution in [1.29, 1.82) is 0 Å². The molecule has 1 aromatic heterocycles. The van der Waals surface area contributed by atoms with Gasteiger partial charge in [0.1, 0.15) is 0 Å². The van der Waals surface area contributed by atoms with Crippen LogP contribution in [0.5, 0.6) is 0 Å². The maximum atomic E-state index is 11.9. The number of aromatic nitrogens is 1. The molecule has 0 aliphatic heterocycles. The molecule has 3 N–H and O–H groups in total. The van der Waals surface area contributed by atoms with E-state index in [2.05, 4.69) is 15.8 Å². The summed E-state index contributed by atoms with van der Waals surface area (Å²) < 4.78 is 5.15. The highest BCUT2D eigenvalue weighted by molar-refractivity contribution is 5.74. The molecule has 0 aliphatic carbocycles. The molecule has 0 bridgehead atoms. The number of aliphatic hydroxyl groups excluding tert-OH is 1. The zero-order chi connectivity index (χ0) is 15.9. The zero-order valence-electron chi connectivity index (χ0n) is 12.7. The van der Waals surface area contributed by atoms with Crippen molar-refractivity contribution in [2.24, 2.45) is 0 Å². The van der Waals surface area contributed by atoms with Crippen LogP contribution in [0, 0.1) is 0 Å². The van der Waals surface area contributed by atoms with Crippen LogP contribution < -0.4 is 10.6 Å². The molecule has 0 saturated carbocycles. The fraction of sp³-hybridized carbons (Fsp3) is 0.375. The molecule has 0 unspecified atom stereocenters. The third-order valence-electron chi connectivity index (χ3n) is 3.28. The van der Waals surface area contributed by atoms with Gasteiger partial charge in [-0.15, -0.1) is 0 Å². The number of benzene rings is 1. The van der Waals surface area contributed by atoms with Crippen molar-refractivity contribution in [3.8, 4) is 0 Å². The predicted molar refractivity (Wildman–Crippen MR) is 82.2 cm³/mol. The van der Waals surface area contributed by atoms with E-state index in [9.17, 15) is 9.90 Å². The maximum Gasteiger partial charge on any atom is 0.315 e. The number of carbonyl (C=O) groups excluding carboxylic acids is 1. The number of carbonyl (C=O) groups is 1. The number of nitrogens with zero attached hydrogens (tertiary/aromatic N) is 1. The SMILES string of the molecule is CC(C)c1cc(CNC(=O)N[C@H](CO)c2ccccc2)on1. The third kappa shape index (κ3) is 4.33. The monoisotopic (exact) mass is 303 g/mol. The number of amides is 2. The molecule has 2 aromatic rings. The second-order valence-corrected chi connectivity index (χ2v) is 5.35. The van der Waals surface area contributed by atoms with Crippen molar-refractivity contribution in [2.75, 3.05) is 6.61 Å². The molecule has 0 fully saturated rings. The summed E-state index contributed by atoms with van der Waals surface area (Å²) in [5.74, 6) is 0.877. The third-order valence-corrected chi connectivity index (χ3v) is 3.28. The van der Waals surface area contributed by atoms with Gasteiger partial charge in [0.25, 0.3) is 0 Å². The maximum absolute atomic E-state index is 11.9. The first-order valence-corrected chi connectivity index (χ1v) is 7.25. The number of rotatable bonds is 6. The number of hydrogen-bond acceptors (Lipinski definition) is 4. The summed E-state index contributed by atoms with van der Waals surface area (Å²) in [4.78, 5) is 11.9. The molecule has 0 saturated heterocycles. The summed E-state index contributed by atoms with van der Waals surface area (Å²) in [5, 5.41) is 18.8. The van der Waals surface area contributed by atoms with E-state index < -0.39 is 6.04 Å². The molecule has 2 amide bonds. The number of aliphatic hydroxyl groups is 1. The lowest BCUT2D eigenvalue weighted by atomic mass is 10.1. The second-order valence-electron chi connectivity index (χ2n) is 5.35. The second kappa shape index (κ2) is 7.61. The molecule has 1 aromatic carbocycles. The largest absolute Gasteiger partial charge is 0.394 e. The van der Waals surface area contributed by atoms with Crippen LogP contribution >= 0.6 is 0 Å². The Kier molecular flexibility index (Phi) is 5.55. The van der Waals surface area contributed by atoms with Gasteiger partial charge in [0.2, 0.25) is 0 Å². The summed E-state index contributed by atoms with van der Waals surface area (Å²) in [6, 6.07) is 10.3. The average molecular weight is 303 g/mol. The van der Waals surface area contributed by atoms with E-state index in [0.717, 1.165) is 11.3 Å². The van der Waals surface area contributed by atoms with Crippen LogP contribution in [0.1, 0.15) is 42.8 Å². The van der Waals surface area contributed by atoms with Crippen LogP contribution in [0.3, 0.4) is 0 Å². The first kappa shape index (κ1) is 16.0. The van der Waals surface area contributed by atoms with Crippen LogP contribution in [0.2, 0.25) is 0 Å². The Morgan fingerprint density at radius 2 is 2.05 bits per heavy atom. The Labute approximate surface area is 129 Å². The molecule has 1 heterocycles. The lowest BCUT2D eigenvalue weighted by Crippen LogP contribution is -2.38. The summed E-state index contributed by atoms with van der Waals surface area (Å²) >= 11 is 0. The number of nitrogens with one attached hydrogen (secondary N) is 2. The van der Waals surface area contributed by atoms with Gasteiger partial charge in [0, 0.05) is 6.07 Å². The lowest BCUT2D eigenvalue weighted by molar-refractivity contribution is 0.215. The molecule has 0 spiro atoms. The fourth-order valence-electron chi connectivity index (χ4n) is 1.98. The lowest BCUT2D eigenvalue weighted by Gasteiger charge is -2.16. The molecule has 6 nitrogen and oxygen atoms in total. The van der Waals surface area contributed by atoms with Crippen LogP contribution in [0.15, 0.2) is 40.9 Å². The normalized spacial score (nSPS) is 12.2. The van der Waals surface area contributed by atoms with E-state index >= 15 is 0 Å². The van der Waals surface area contributed by atoms with E-state index in [4.69, 9.17) is 4.52 Å². The molecular weight excluding hydrogens is 282 g/mol. The number of urea groups is 1. The molecular formula is C16H21N3O3. The first-order chi connectivity index (χ1) is 10.6. The standard InChI is InChI=1S/C16H21N3O3/c1-11(2)14-8-13(22-19-14)9-17-16(21)18-15(10-20)12-6-4-3-5-7-12/h3-8,11,15,20H,9-10H2,1-2H3,(H2,17,18,21)/t15-/m1/s1. The first-order valence-electron chi connectivity index (χ1n) is 7.25. The topological polar surface area (TPSA) is 87.4 Å². The van der Waals surface area contributed by atoms with Crippen LogP contribution in [-0.4, -0.2) is 22.9 Å². The van der Waals surface area contributed by atoms with Gasteiger partial charge < -0.3 is 20.3 Å². The Bertz CT molecular complexity index is 596. The van der Waals surface area contributed by atoms with Crippen LogP contribution in [-0.2, 0) is 6.54 Å². The minimum absolute atomic E-state index is 0.169. The average Bonchev–Trinajstić information content (AvgIpc) is 3.01. The van der Waals surface area contributed by atoms with Crippen molar-refractivity contribution in [2.45, 2.75) is 32.4 Å². The number of hydrogen-bond donors (Lipinski definition) is 3. The van der Waals surface area contributed by atoms with E-state index in [1.54, 1.807) is 0 Å². The summed E-state index contributed by atoms with van der Waals surface area (Å²) in [6.07, 6.45) is 0. The van der Waals surface area contributed by atoms with Crippen LogP contribution in [0.25, 0.3) is 0 Å². The Hall–Kier alpha value is -2.34. The van der Waals surface area contributed by atoms with Crippen molar-refractivity contribution >= 4 is 6.03 Å². The quantitative estimate of drug-likeness (QED) is 0.764. The molecule has 22 heavy (non-hydrogen) atoms. The Balaban J connectivity index is 1.86. The summed E-state index contributed by atoms with van der Waals surface area (Å²) in [5.41, 5.74) is 1.71. The summed E-state index contributed by atoms with van der Waals surface area (Å²) in [7, 11) is 0. The highest BCUT2D eigenvalue weighted by Crippen LogP contribution is 2.14. The van der Waals surface area contributed by atoms with Crippen molar-refractivity contribution in [3.63, 3.8) is 0 Å². The molecule has 0 radical (unpaired) electrons. The highest BCUT2D eigenvalue weighted by atomic mass is 16.5. The molecule has 118 valence electrons. The van der Waals surface area contributed by atoms with Gasteiger partial charge in [-0.1, -0.05) is 49.3 Å². The van der Waals surface area contributed by atoms with Gasteiger partial charge in [-0.2, -0.15) is 0 Å². The van der Waals surface area contributed by atoms with E-state index in [1.807, 2.05) is 50.2 Å². The van der Waals surface area contributed by atoms with Crippen molar-refractivity contribution < 1.29 is 14.4 Å². The molecule has 1 atom stereocenters. The fourth-order valence-corrected chi connectivity index (χ4v) is 1.98. The van der Waals surface area contributed by atoms with Gasteiger partial charge >= 0.3 is 6.03 Å². The van der Waals surface area contributed by atoms with E-state index in [1.165, 1.54) is 0 Å². The smallest absolute Gasteiger partial charge is 0.315 e. The van der Waals surface area contributed by atoms with Gasteiger partial charge in [-0.3, -0.25) is 0 Å². The molecule has 2 rings (SSSR count). The Morgan fingerprint density at radius 1 is 1.32 bits per heavy atom. The van der Waals surface area contributed by atoms with Gasteiger partial charge in [-0.25, -0.2) is 4.79 Å². The van der Waals surface area contributed by atoms with Gasteiger partial charge in [0.05, 0.1) is 24.9 Å². The van der Waals surface area contributed by atoms with E-state index in [0.29, 0.717) is 5.76 Å². The summed E-state index contributed by atoms with van der Waals surface area (Å²) in [6.45, 7) is 4.12. The minimum atomic E-state index is -0.442. The van der Waals surface area contributed by atoms with Crippen molar-refractivity contribution in [1.82, 2.24) is 15.8 Å². The van der Waals surface area contributed by atoms with Gasteiger partial charge in [0.15, 0.2) is 5.76 Å². The van der Waals surface area contributed by atoms with Gasteiger partial charge in [-0.05, 0) is 11.5 Å². The van der Waals surface area contributed by atoms with Crippen molar-refractivity contribution in [3.05, 3.63) is 53.4 Å².